The van der Waals surface area contributed by atoms with Gasteiger partial charge >= 0.3 is 0 Å². The number of thioether (sulfide) groups is 1. The summed E-state index contributed by atoms with van der Waals surface area (Å²) in [5.74, 6) is 1.11. The predicted molar refractivity (Wildman–Crippen MR) is 82.3 cm³/mol. The van der Waals surface area contributed by atoms with Gasteiger partial charge in [0.05, 0.1) is 17.0 Å². The Labute approximate surface area is 128 Å². The highest BCUT2D eigenvalue weighted by atomic mass is 32.2. The SMILES string of the molecule is N#Cc1cc(F)ccc1NCCS(=O)(=O)N1CCSCC1. The van der Waals surface area contributed by atoms with Gasteiger partial charge in [-0.3, -0.25) is 0 Å². The van der Waals surface area contributed by atoms with E-state index in [0.29, 0.717) is 18.8 Å². The molecule has 1 aliphatic rings. The van der Waals surface area contributed by atoms with Crippen LogP contribution in [0.4, 0.5) is 10.1 Å². The number of halogens is 1. The molecular weight excluding hydrogens is 313 g/mol. The average molecular weight is 329 g/mol. The van der Waals surface area contributed by atoms with Gasteiger partial charge in [-0.1, -0.05) is 0 Å². The lowest BCUT2D eigenvalue weighted by molar-refractivity contribution is 0.444. The van der Waals surface area contributed by atoms with Crippen LogP contribution in [0.25, 0.3) is 0 Å². The van der Waals surface area contributed by atoms with Gasteiger partial charge in [-0.2, -0.15) is 17.0 Å². The number of benzene rings is 1. The van der Waals surface area contributed by atoms with Crippen LogP contribution in [-0.4, -0.2) is 49.6 Å². The molecule has 5 nitrogen and oxygen atoms in total. The van der Waals surface area contributed by atoms with E-state index in [0.717, 1.165) is 17.6 Å². The standard InChI is InChI=1S/C13H16FN3O2S2/c14-12-1-2-13(11(9-12)10-15)16-3-8-21(18,19)17-4-6-20-7-5-17/h1-2,9,16H,3-8H2. The quantitative estimate of drug-likeness (QED) is 0.886. The van der Waals surface area contributed by atoms with Crippen LogP contribution >= 0.6 is 11.8 Å². The van der Waals surface area contributed by atoms with Crippen molar-refractivity contribution in [2.45, 2.75) is 0 Å². The van der Waals surface area contributed by atoms with Crippen LogP contribution in [0.2, 0.25) is 0 Å². The Morgan fingerprint density at radius 2 is 2.10 bits per heavy atom. The number of nitrogens with zero attached hydrogens (tertiary/aromatic N) is 2. The van der Waals surface area contributed by atoms with Crippen molar-refractivity contribution in [3.63, 3.8) is 0 Å². The van der Waals surface area contributed by atoms with Crippen LogP contribution in [0.3, 0.4) is 0 Å². The molecule has 0 bridgehead atoms. The molecule has 1 saturated heterocycles. The molecule has 0 aliphatic carbocycles. The summed E-state index contributed by atoms with van der Waals surface area (Å²) >= 11 is 1.75. The van der Waals surface area contributed by atoms with Crippen molar-refractivity contribution >= 4 is 27.5 Å². The number of sulfonamides is 1. The first kappa shape index (κ1) is 16.1. The van der Waals surface area contributed by atoms with E-state index in [2.05, 4.69) is 5.32 Å². The molecule has 1 aliphatic heterocycles. The summed E-state index contributed by atoms with van der Waals surface area (Å²) in [6, 6.07) is 5.68. The Morgan fingerprint density at radius 3 is 2.76 bits per heavy atom. The van der Waals surface area contributed by atoms with Gasteiger partial charge in [0.1, 0.15) is 11.9 Å². The van der Waals surface area contributed by atoms with Crippen LogP contribution in [0, 0.1) is 17.1 Å². The Kier molecular flexibility index (Phi) is 5.45. The first-order valence-electron chi connectivity index (χ1n) is 6.52. The predicted octanol–water partition coefficient (Wildman–Crippen LogP) is 1.49. The summed E-state index contributed by atoms with van der Waals surface area (Å²) in [6.45, 7) is 1.28. The first-order chi connectivity index (χ1) is 10.0. The van der Waals surface area contributed by atoms with Gasteiger partial charge in [0.2, 0.25) is 10.0 Å². The van der Waals surface area contributed by atoms with Crippen molar-refractivity contribution < 1.29 is 12.8 Å². The fraction of sp³-hybridized carbons (Fsp3) is 0.462. The second kappa shape index (κ2) is 7.11. The summed E-state index contributed by atoms with van der Waals surface area (Å²) in [7, 11) is -3.28. The Morgan fingerprint density at radius 1 is 1.38 bits per heavy atom. The van der Waals surface area contributed by atoms with Crippen molar-refractivity contribution in [2.75, 3.05) is 42.2 Å². The molecule has 0 amide bonds. The maximum Gasteiger partial charge on any atom is 0.215 e. The molecular formula is C13H16FN3O2S2. The zero-order chi connectivity index (χ0) is 15.3. The maximum absolute atomic E-state index is 13.0. The number of anilines is 1. The Balaban J connectivity index is 1.93. The van der Waals surface area contributed by atoms with E-state index in [1.807, 2.05) is 6.07 Å². The molecule has 0 radical (unpaired) electrons. The Hall–Kier alpha value is -1.30. The van der Waals surface area contributed by atoms with Crippen molar-refractivity contribution in [1.29, 1.82) is 5.26 Å². The normalized spacial score (nSPS) is 16.4. The molecule has 1 N–H and O–H groups in total. The highest BCUT2D eigenvalue weighted by Gasteiger charge is 2.23. The monoisotopic (exact) mass is 329 g/mol. The zero-order valence-corrected chi connectivity index (χ0v) is 13.0. The van der Waals surface area contributed by atoms with Gasteiger partial charge in [0, 0.05) is 31.1 Å². The molecule has 21 heavy (non-hydrogen) atoms. The molecule has 1 aromatic carbocycles. The number of nitrogens with one attached hydrogen (secondary N) is 1. The van der Waals surface area contributed by atoms with Gasteiger partial charge in [-0.05, 0) is 18.2 Å². The number of hydrogen-bond donors (Lipinski definition) is 1. The summed E-state index contributed by atoms with van der Waals surface area (Å²) in [4.78, 5) is 0. The second-order valence-electron chi connectivity index (χ2n) is 4.56. The van der Waals surface area contributed by atoms with Gasteiger partial charge < -0.3 is 5.32 Å². The van der Waals surface area contributed by atoms with Crippen molar-refractivity contribution in [1.82, 2.24) is 4.31 Å². The lowest BCUT2D eigenvalue weighted by atomic mass is 10.2. The minimum absolute atomic E-state index is 0.0418. The second-order valence-corrected chi connectivity index (χ2v) is 7.87. The van der Waals surface area contributed by atoms with Crippen LogP contribution in [0.5, 0.6) is 0 Å². The molecule has 2 rings (SSSR count). The van der Waals surface area contributed by atoms with Crippen molar-refractivity contribution in [2.24, 2.45) is 0 Å². The highest BCUT2D eigenvalue weighted by molar-refractivity contribution is 7.99. The molecule has 1 fully saturated rings. The third kappa shape index (κ3) is 4.33. The molecule has 0 saturated carbocycles. The largest absolute Gasteiger partial charge is 0.383 e. The smallest absolute Gasteiger partial charge is 0.215 e. The molecule has 1 aromatic rings. The van der Waals surface area contributed by atoms with E-state index in [1.54, 1.807) is 11.8 Å². The van der Waals surface area contributed by atoms with Crippen LogP contribution in [-0.2, 0) is 10.0 Å². The summed E-state index contributed by atoms with van der Waals surface area (Å²) < 4.78 is 38.8. The maximum atomic E-state index is 13.0. The van der Waals surface area contributed by atoms with Gasteiger partial charge in [0.25, 0.3) is 0 Å². The third-order valence-electron chi connectivity index (χ3n) is 3.14. The van der Waals surface area contributed by atoms with Crippen molar-refractivity contribution in [3.8, 4) is 6.07 Å². The van der Waals surface area contributed by atoms with E-state index in [-0.39, 0.29) is 17.9 Å². The fourth-order valence-corrected chi connectivity index (χ4v) is 4.52. The van der Waals surface area contributed by atoms with E-state index in [4.69, 9.17) is 5.26 Å². The summed E-state index contributed by atoms with van der Waals surface area (Å²) in [5.41, 5.74) is 0.616. The number of hydrogen-bond acceptors (Lipinski definition) is 5. The van der Waals surface area contributed by atoms with E-state index < -0.39 is 15.8 Å². The Bertz CT molecular complexity index is 637. The minimum Gasteiger partial charge on any atom is -0.383 e. The van der Waals surface area contributed by atoms with E-state index >= 15 is 0 Å². The number of nitriles is 1. The van der Waals surface area contributed by atoms with Gasteiger partial charge in [0.15, 0.2) is 0 Å². The lowest BCUT2D eigenvalue weighted by Gasteiger charge is -2.25. The first-order valence-corrected chi connectivity index (χ1v) is 9.28. The molecule has 0 atom stereocenters. The van der Waals surface area contributed by atoms with E-state index in [1.165, 1.54) is 16.4 Å². The van der Waals surface area contributed by atoms with Crippen LogP contribution in [0.1, 0.15) is 5.56 Å². The average Bonchev–Trinajstić information content (AvgIpc) is 2.49. The van der Waals surface area contributed by atoms with Crippen molar-refractivity contribution in [3.05, 3.63) is 29.6 Å². The lowest BCUT2D eigenvalue weighted by Crippen LogP contribution is -2.40. The molecule has 1 heterocycles. The van der Waals surface area contributed by atoms with Gasteiger partial charge in [-0.15, -0.1) is 0 Å². The van der Waals surface area contributed by atoms with Crippen LogP contribution < -0.4 is 5.32 Å². The van der Waals surface area contributed by atoms with Gasteiger partial charge in [-0.25, -0.2) is 17.1 Å². The molecule has 0 spiro atoms. The molecule has 8 heteroatoms. The van der Waals surface area contributed by atoms with E-state index in [9.17, 15) is 12.8 Å². The summed E-state index contributed by atoms with van der Waals surface area (Å²) in [5, 5.41) is 11.8. The topological polar surface area (TPSA) is 73.2 Å². The highest BCUT2D eigenvalue weighted by Crippen LogP contribution is 2.17. The molecule has 0 unspecified atom stereocenters. The fourth-order valence-electron chi connectivity index (χ4n) is 2.03. The molecule has 114 valence electrons. The number of rotatable bonds is 5. The summed E-state index contributed by atoms with van der Waals surface area (Å²) in [6.07, 6.45) is 0. The zero-order valence-electron chi connectivity index (χ0n) is 11.4. The third-order valence-corrected chi connectivity index (χ3v) is 5.96. The molecule has 0 aromatic heterocycles. The minimum atomic E-state index is -3.28. The van der Waals surface area contributed by atoms with Crippen LogP contribution in [0.15, 0.2) is 18.2 Å².